The molecule has 0 radical (unpaired) electrons. The first kappa shape index (κ1) is 13.6. The highest BCUT2D eigenvalue weighted by Crippen LogP contribution is 2.16. The van der Waals surface area contributed by atoms with Crippen molar-refractivity contribution in [3.8, 4) is 0 Å². The molecule has 1 heterocycles. The van der Waals surface area contributed by atoms with Crippen LogP contribution in [-0.4, -0.2) is 43.4 Å². The van der Waals surface area contributed by atoms with Gasteiger partial charge in [-0.3, -0.25) is 0 Å². The molecule has 0 aromatic rings. The van der Waals surface area contributed by atoms with E-state index in [4.69, 9.17) is 19.3 Å². The lowest BCUT2D eigenvalue weighted by Gasteiger charge is -2.09. The van der Waals surface area contributed by atoms with E-state index in [0.717, 1.165) is 19.3 Å². The average molecular weight is 230 g/mol. The molecular formula is C12H22O4. The summed E-state index contributed by atoms with van der Waals surface area (Å²) in [6.45, 7) is 7.12. The summed E-state index contributed by atoms with van der Waals surface area (Å²) in [4.78, 5) is 0. The van der Waals surface area contributed by atoms with Crippen LogP contribution < -0.4 is 0 Å². The summed E-state index contributed by atoms with van der Waals surface area (Å²) in [7, 11) is 0. The summed E-state index contributed by atoms with van der Waals surface area (Å²) in [6, 6.07) is 0. The molecule has 1 fully saturated rings. The number of ether oxygens (including phenoxy) is 3. The van der Waals surface area contributed by atoms with E-state index in [1.165, 1.54) is 0 Å². The minimum absolute atomic E-state index is 0.194. The molecule has 3 atom stereocenters. The first-order valence-electron chi connectivity index (χ1n) is 5.88. The summed E-state index contributed by atoms with van der Waals surface area (Å²) in [5.41, 5.74) is 0. The molecule has 1 saturated heterocycles. The van der Waals surface area contributed by atoms with Crippen LogP contribution in [0.15, 0.2) is 12.7 Å². The molecule has 0 spiro atoms. The normalized spacial score (nSPS) is 26.9. The van der Waals surface area contributed by atoms with Crippen LogP contribution in [0.4, 0.5) is 0 Å². The average Bonchev–Trinajstić information content (AvgIpc) is 2.70. The van der Waals surface area contributed by atoms with Crippen LogP contribution in [0.5, 0.6) is 0 Å². The number of hydrogen-bond donors (Lipinski definition) is 1. The van der Waals surface area contributed by atoms with Gasteiger partial charge in [-0.05, 0) is 32.3 Å². The molecule has 0 bridgehead atoms. The van der Waals surface area contributed by atoms with Gasteiger partial charge >= 0.3 is 0 Å². The van der Waals surface area contributed by atoms with Crippen LogP contribution in [0.3, 0.4) is 0 Å². The molecule has 0 saturated carbocycles. The Morgan fingerprint density at radius 1 is 1.56 bits per heavy atom. The molecule has 0 amide bonds. The summed E-state index contributed by atoms with van der Waals surface area (Å²) in [5.74, 6) is 0. The molecule has 0 aromatic heterocycles. The number of rotatable bonds is 8. The minimum atomic E-state index is -0.375. The molecule has 16 heavy (non-hydrogen) atoms. The van der Waals surface area contributed by atoms with Gasteiger partial charge in [-0.2, -0.15) is 0 Å². The van der Waals surface area contributed by atoms with Crippen LogP contribution in [0.1, 0.15) is 26.2 Å². The van der Waals surface area contributed by atoms with Crippen molar-refractivity contribution >= 4 is 0 Å². The fourth-order valence-corrected chi connectivity index (χ4v) is 1.58. The SMILES string of the molecule is C=CC1OCC(CCCCOCC(C)O)O1. The maximum atomic E-state index is 8.97. The van der Waals surface area contributed by atoms with Crippen LogP contribution in [0.25, 0.3) is 0 Å². The van der Waals surface area contributed by atoms with Crippen molar-refractivity contribution in [1.29, 1.82) is 0 Å². The smallest absolute Gasteiger partial charge is 0.177 e. The first-order chi connectivity index (χ1) is 7.72. The third kappa shape index (κ3) is 5.61. The fourth-order valence-electron chi connectivity index (χ4n) is 1.58. The highest BCUT2D eigenvalue weighted by atomic mass is 16.7. The molecule has 1 N–H and O–H groups in total. The Balaban J connectivity index is 1.90. The second kappa shape index (κ2) is 7.79. The molecule has 4 nitrogen and oxygen atoms in total. The lowest BCUT2D eigenvalue weighted by Crippen LogP contribution is -2.13. The van der Waals surface area contributed by atoms with Crippen LogP contribution in [0.2, 0.25) is 0 Å². The van der Waals surface area contributed by atoms with Crippen LogP contribution in [-0.2, 0) is 14.2 Å². The van der Waals surface area contributed by atoms with Gasteiger partial charge in [0.25, 0.3) is 0 Å². The highest BCUT2D eigenvalue weighted by molar-refractivity contribution is 4.78. The van der Waals surface area contributed by atoms with Gasteiger partial charge in [0.05, 0.1) is 25.4 Å². The zero-order valence-corrected chi connectivity index (χ0v) is 9.93. The van der Waals surface area contributed by atoms with E-state index >= 15 is 0 Å². The Hall–Kier alpha value is -0.420. The van der Waals surface area contributed by atoms with Crippen LogP contribution in [0, 0.1) is 0 Å². The molecule has 3 unspecified atom stereocenters. The predicted octanol–water partition coefficient (Wildman–Crippen LogP) is 1.48. The summed E-state index contributed by atoms with van der Waals surface area (Å²) >= 11 is 0. The highest BCUT2D eigenvalue weighted by Gasteiger charge is 2.22. The van der Waals surface area contributed by atoms with Gasteiger partial charge in [-0.25, -0.2) is 0 Å². The Morgan fingerprint density at radius 2 is 2.38 bits per heavy atom. The van der Waals surface area contributed by atoms with Gasteiger partial charge in [-0.1, -0.05) is 6.58 Å². The van der Waals surface area contributed by atoms with Crippen molar-refractivity contribution < 1.29 is 19.3 Å². The van der Waals surface area contributed by atoms with Crippen molar-refractivity contribution in [3.63, 3.8) is 0 Å². The van der Waals surface area contributed by atoms with E-state index in [1.807, 2.05) is 0 Å². The van der Waals surface area contributed by atoms with Crippen LogP contribution >= 0.6 is 0 Å². The Kier molecular flexibility index (Phi) is 6.64. The van der Waals surface area contributed by atoms with Gasteiger partial charge in [0.2, 0.25) is 0 Å². The number of hydrogen-bond acceptors (Lipinski definition) is 4. The molecule has 0 aromatic carbocycles. The maximum absolute atomic E-state index is 8.97. The van der Waals surface area contributed by atoms with Gasteiger partial charge in [0.1, 0.15) is 0 Å². The minimum Gasteiger partial charge on any atom is -0.391 e. The lowest BCUT2D eigenvalue weighted by molar-refractivity contribution is -0.0214. The van der Waals surface area contributed by atoms with E-state index in [0.29, 0.717) is 19.8 Å². The second-order valence-corrected chi connectivity index (χ2v) is 4.12. The largest absolute Gasteiger partial charge is 0.391 e. The third-order valence-electron chi connectivity index (χ3n) is 2.39. The van der Waals surface area contributed by atoms with Gasteiger partial charge in [-0.15, -0.1) is 0 Å². The van der Waals surface area contributed by atoms with E-state index in [2.05, 4.69) is 6.58 Å². The molecule has 1 aliphatic heterocycles. The van der Waals surface area contributed by atoms with Crippen molar-refractivity contribution in [1.82, 2.24) is 0 Å². The summed E-state index contributed by atoms with van der Waals surface area (Å²) in [6.07, 6.45) is 4.30. The fraction of sp³-hybridized carbons (Fsp3) is 0.833. The monoisotopic (exact) mass is 230 g/mol. The second-order valence-electron chi connectivity index (χ2n) is 4.12. The van der Waals surface area contributed by atoms with E-state index in [9.17, 15) is 0 Å². The summed E-state index contributed by atoms with van der Waals surface area (Å²) < 4.78 is 16.1. The van der Waals surface area contributed by atoms with Crippen molar-refractivity contribution in [2.75, 3.05) is 19.8 Å². The van der Waals surface area contributed by atoms with Crippen molar-refractivity contribution in [2.45, 2.75) is 44.7 Å². The first-order valence-corrected chi connectivity index (χ1v) is 5.88. The van der Waals surface area contributed by atoms with E-state index in [1.54, 1.807) is 13.0 Å². The molecular weight excluding hydrogens is 208 g/mol. The Morgan fingerprint density at radius 3 is 3.00 bits per heavy atom. The molecule has 4 heteroatoms. The topological polar surface area (TPSA) is 47.9 Å². The Bertz CT molecular complexity index is 193. The predicted molar refractivity (Wildman–Crippen MR) is 61.2 cm³/mol. The Labute approximate surface area is 97.2 Å². The van der Waals surface area contributed by atoms with Crippen molar-refractivity contribution in [2.24, 2.45) is 0 Å². The molecule has 94 valence electrons. The maximum Gasteiger partial charge on any atom is 0.177 e. The molecule has 1 rings (SSSR count). The molecule has 0 aliphatic carbocycles. The quantitative estimate of drug-likeness (QED) is 0.507. The number of aliphatic hydroxyl groups excluding tert-OH is 1. The van der Waals surface area contributed by atoms with Gasteiger partial charge < -0.3 is 19.3 Å². The lowest BCUT2D eigenvalue weighted by atomic mass is 10.2. The van der Waals surface area contributed by atoms with Gasteiger partial charge in [0, 0.05) is 6.61 Å². The summed E-state index contributed by atoms with van der Waals surface area (Å²) in [5, 5.41) is 8.97. The third-order valence-corrected chi connectivity index (χ3v) is 2.39. The van der Waals surface area contributed by atoms with E-state index in [-0.39, 0.29) is 18.5 Å². The van der Waals surface area contributed by atoms with E-state index < -0.39 is 0 Å². The number of aliphatic hydroxyl groups is 1. The van der Waals surface area contributed by atoms with Crippen molar-refractivity contribution in [3.05, 3.63) is 12.7 Å². The number of unbranched alkanes of at least 4 members (excludes halogenated alkanes) is 1. The zero-order valence-electron chi connectivity index (χ0n) is 9.93. The zero-order chi connectivity index (χ0) is 11.8. The van der Waals surface area contributed by atoms with Gasteiger partial charge in [0.15, 0.2) is 6.29 Å². The molecule has 1 aliphatic rings. The standard InChI is InChI=1S/C12H22O4/c1-3-12-15-9-11(16-12)6-4-5-7-14-8-10(2)13/h3,10-13H,1,4-9H2,2H3.